The van der Waals surface area contributed by atoms with Gasteiger partial charge in [-0.15, -0.1) is 0 Å². The Morgan fingerprint density at radius 3 is 2.66 bits per heavy atom. The van der Waals surface area contributed by atoms with Gasteiger partial charge >= 0.3 is 0 Å². The van der Waals surface area contributed by atoms with Crippen LogP contribution in [-0.4, -0.2) is 40.3 Å². The molecule has 4 rings (SSSR count). The summed E-state index contributed by atoms with van der Waals surface area (Å²) in [5.74, 6) is 0.358. The molecule has 0 N–H and O–H groups in total. The summed E-state index contributed by atoms with van der Waals surface area (Å²) in [6.45, 7) is 4.00. The van der Waals surface area contributed by atoms with Crippen LogP contribution in [0.15, 0.2) is 22.7 Å². The van der Waals surface area contributed by atoms with E-state index in [2.05, 4.69) is 15.2 Å². The van der Waals surface area contributed by atoms with E-state index in [1.54, 1.807) is 10.7 Å². The third-order valence-corrected chi connectivity index (χ3v) is 6.67. The number of hydrogen-bond donors (Lipinski definition) is 0. The molecule has 154 valence electrons. The molecular weight excluding hydrogens is 419 g/mol. The number of hydrogen-bond acceptors (Lipinski definition) is 6. The van der Waals surface area contributed by atoms with Crippen molar-refractivity contribution in [3.05, 3.63) is 51.7 Å². The predicted molar refractivity (Wildman–Crippen MR) is 106 cm³/mol. The van der Waals surface area contributed by atoms with Gasteiger partial charge in [-0.25, -0.2) is 12.8 Å². The molecule has 7 nitrogen and oxygen atoms in total. The van der Waals surface area contributed by atoms with E-state index in [0.717, 1.165) is 29.7 Å². The van der Waals surface area contributed by atoms with E-state index >= 15 is 0 Å². The average molecular weight is 439 g/mol. The highest BCUT2D eigenvalue weighted by Gasteiger charge is 2.51. The molecule has 0 aliphatic heterocycles. The molecule has 0 amide bonds. The Bertz CT molecular complexity index is 1200. The van der Waals surface area contributed by atoms with Gasteiger partial charge in [0.1, 0.15) is 15.7 Å². The lowest BCUT2D eigenvalue weighted by molar-refractivity contribution is 0.416. The second-order valence-electron chi connectivity index (χ2n) is 7.54. The summed E-state index contributed by atoms with van der Waals surface area (Å²) in [4.78, 5) is 4.55. The van der Waals surface area contributed by atoms with Gasteiger partial charge < -0.3 is 4.52 Å². The highest BCUT2D eigenvalue weighted by molar-refractivity contribution is 7.90. The van der Waals surface area contributed by atoms with Crippen LogP contribution in [0, 0.1) is 19.7 Å². The van der Waals surface area contributed by atoms with Crippen LogP contribution in [0.25, 0.3) is 11.6 Å². The molecule has 0 bridgehead atoms. The van der Waals surface area contributed by atoms with Crippen molar-refractivity contribution in [1.29, 1.82) is 0 Å². The van der Waals surface area contributed by atoms with Crippen molar-refractivity contribution >= 4 is 21.4 Å². The van der Waals surface area contributed by atoms with Crippen LogP contribution in [0.4, 0.5) is 4.39 Å². The zero-order valence-corrected chi connectivity index (χ0v) is 17.8. The first-order valence-electron chi connectivity index (χ1n) is 9.12. The minimum absolute atomic E-state index is 0.00431. The first-order chi connectivity index (χ1) is 13.6. The number of sulfone groups is 1. The molecule has 0 radical (unpaired) electrons. The van der Waals surface area contributed by atoms with Crippen molar-refractivity contribution in [2.45, 2.75) is 38.6 Å². The second kappa shape index (κ2) is 6.91. The number of rotatable bonds is 6. The van der Waals surface area contributed by atoms with E-state index in [4.69, 9.17) is 16.1 Å². The first-order valence-corrected chi connectivity index (χ1v) is 11.6. The van der Waals surface area contributed by atoms with Gasteiger partial charge in [0.15, 0.2) is 11.5 Å². The fourth-order valence-electron chi connectivity index (χ4n) is 3.44. The van der Waals surface area contributed by atoms with Gasteiger partial charge in [0.2, 0.25) is 0 Å². The Kier molecular flexibility index (Phi) is 4.77. The summed E-state index contributed by atoms with van der Waals surface area (Å²) in [5.41, 5.74) is 2.51. The van der Waals surface area contributed by atoms with Crippen LogP contribution < -0.4 is 0 Å². The van der Waals surface area contributed by atoms with Crippen molar-refractivity contribution in [2.75, 3.05) is 12.0 Å². The van der Waals surface area contributed by atoms with Crippen LogP contribution in [0.3, 0.4) is 0 Å². The molecule has 1 aliphatic rings. The van der Waals surface area contributed by atoms with Gasteiger partial charge in [0.25, 0.3) is 5.89 Å². The molecule has 0 saturated heterocycles. The lowest BCUT2D eigenvalue weighted by atomic mass is 9.95. The number of benzene rings is 1. The topological polar surface area (TPSA) is 90.9 Å². The predicted octanol–water partition coefficient (Wildman–Crippen LogP) is 3.47. The fraction of sp³-hybridized carbons (Fsp3) is 0.421. The highest BCUT2D eigenvalue weighted by Crippen LogP contribution is 2.54. The van der Waals surface area contributed by atoms with E-state index in [1.807, 2.05) is 13.8 Å². The minimum Gasteiger partial charge on any atom is -0.332 e. The van der Waals surface area contributed by atoms with Crippen molar-refractivity contribution in [2.24, 2.45) is 0 Å². The van der Waals surface area contributed by atoms with Gasteiger partial charge in [-0.1, -0.05) is 22.8 Å². The van der Waals surface area contributed by atoms with E-state index in [-0.39, 0.29) is 18.2 Å². The van der Waals surface area contributed by atoms with Crippen LogP contribution in [0.2, 0.25) is 5.02 Å². The Hall–Kier alpha value is -2.26. The lowest BCUT2D eigenvalue weighted by Crippen LogP contribution is -2.13. The summed E-state index contributed by atoms with van der Waals surface area (Å²) < 4.78 is 43.5. The molecule has 1 fully saturated rings. The van der Waals surface area contributed by atoms with E-state index in [9.17, 15) is 12.8 Å². The zero-order valence-electron chi connectivity index (χ0n) is 16.2. The molecule has 3 aromatic rings. The Balaban J connectivity index is 1.66. The molecule has 10 heteroatoms. The quantitative estimate of drug-likeness (QED) is 0.585. The maximum atomic E-state index is 13.4. The maximum Gasteiger partial charge on any atom is 0.278 e. The Labute approximate surface area is 172 Å². The monoisotopic (exact) mass is 438 g/mol. The Morgan fingerprint density at radius 1 is 1.31 bits per heavy atom. The minimum atomic E-state index is -3.10. The molecule has 0 spiro atoms. The van der Waals surface area contributed by atoms with Crippen molar-refractivity contribution in [3.8, 4) is 11.6 Å². The molecule has 0 unspecified atom stereocenters. The number of aryl methyl sites for hydroxylation is 1. The summed E-state index contributed by atoms with van der Waals surface area (Å²) in [5, 5.41) is 8.97. The van der Waals surface area contributed by atoms with Crippen LogP contribution in [0.1, 0.15) is 35.5 Å². The highest BCUT2D eigenvalue weighted by atomic mass is 35.5. The Morgan fingerprint density at radius 2 is 2.03 bits per heavy atom. The summed E-state index contributed by atoms with van der Waals surface area (Å²) in [6.07, 6.45) is 2.77. The summed E-state index contributed by atoms with van der Waals surface area (Å²) in [7, 11) is -3.10. The molecule has 2 aromatic heterocycles. The van der Waals surface area contributed by atoms with Crippen LogP contribution >= 0.6 is 11.6 Å². The van der Waals surface area contributed by atoms with Crippen LogP contribution in [-0.2, 0) is 21.8 Å². The van der Waals surface area contributed by atoms with Crippen LogP contribution in [0.5, 0.6) is 0 Å². The maximum absolute atomic E-state index is 13.4. The summed E-state index contributed by atoms with van der Waals surface area (Å²) >= 11 is 6.26. The fourth-order valence-corrected chi connectivity index (χ4v) is 4.29. The van der Waals surface area contributed by atoms with Gasteiger partial charge in [-0.3, -0.25) is 4.68 Å². The van der Waals surface area contributed by atoms with Crippen molar-refractivity contribution in [1.82, 2.24) is 19.9 Å². The summed E-state index contributed by atoms with van der Waals surface area (Å²) in [6, 6.07) is 4.32. The van der Waals surface area contributed by atoms with Gasteiger partial charge in [0, 0.05) is 22.5 Å². The number of nitrogens with zero attached hydrogens (tertiary/aromatic N) is 4. The van der Waals surface area contributed by atoms with E-state index in [1.165, 1.54) is 18.4 Å². The standard InChI is InChI=1S/C19H20ClFN4O3S/c1-11-12(2)25(8-9-29(3,26)27)23-16(11)17-22-18(24-28-17)19(6-7-19)14-5-4-13(21)10-15(14)20/h4-5,10H,6-9H2,1-3H3. The molecule has 29 heavy (non-hydrogen) atoms. The molecular formula is C19H20ClFN4O3S. The zero-order chi connectivity index (χ0) is 21.0. The van der Waals surface area contributed by atoms with Crippen molar-refractivity contribution < 1.29 is 17.3 Å². The smallest absolute Gasteiger partial charge is 0.278 e. The lowest BCUT2D eigenvalue weighted by Gasteiger charge is -2.12. The molecule has 0 atom stereocenters. The van der Waals surface area contributed by atoms with Gasteiger partial charge in [-0.2, -0.15) is 10.1 Å². The third kappa shape index (κ3) is 3.69. The van der Waals surface area contributed by atoms with Gasteiger partial charge in [-0.05, 0) is 44.4 Å². The normalized spacial score (nSPS) is 15.6. The number of aromatic nitrogens is 4. The SMILES string of the molecule is Cc1c(-c2nc(C3(c4ccc(F)cc4Cl)CC3)no2)nn(CCS(C)(=O)=O)c1C. The molecule has 2 heterocycles. The third-order valence-electron chi connectivity index (χ3n) is 5.43. The van der Waals surface area contributed by atoms with Gasteiger partial charge in [0.05, 0.1) is 17.7 Å². The first kappa shape index (κ1) is 20.0. The molecule has 1 saturated carbocycles. The average Bonchev–Trinajstić information content (AvgIpc) is 3.18. The molecule has 1 aliphatic carbocycles. The number of halogens is 2. The van der Waals surface area contributed by atoms with E-state index in [0.29, 0.717) is 16.5 Å². The van der Waals surface area contributed by atoms with E-state index < -0.39 is 21.1 Å². The largest absolute Gasteiger partial charge is 0.332 e. The second-order valence-corrected chi connectivity index (χ2v) is 10.2. The van der Waals surface area contributed by atoms with Crippen molar-refractivity contribution in [3.63, 3.8) is 0 Å². The molecule has 1 aromatic carbocycles.